The summed E-state index contributed by atoms with van der Waals surface area (Å²) in [6, 6.07) is 0.656. The summed E-state index contributed by atoms with van der Waals surface area (Å²) >= 11 is 0. The first-order chi connectivity index (χ1) is 9.49. The monoisotopic (exact) mass is 275 g/mol. The molecule has 20 heavy (non-hydrogen) atoms. The Morgan fingerprint density at radius 2 is 2.20 bits per heavy atom. The Balaban J connectivity index is 1.67. The van der Waals surface area contributed by atoms with E-state index in [0.717, 1.165) is 19.0 Å². The molecule has 2 aliphatic carbocycles. The van der Waals surface area contributed by atoms with Gasteiger partial charge in [0.15, 0.2) is 0 Å². The first-order valence-corrected chi connectivity index (χ1v) is 8.22. The van der Waals surface area contributed by atoms with Gasteiger partial charge in [-0.2, -0.15) is 0 Å². The van der Waals surface area contributed by atoms with Crippen molar-refractivity contribution >= 4 is 0 Å². The zero-order valence-electron chi connectivity index (χ0n) is 13.4. The minimum absolute atomic E-state index is 0.458. The van der Waals surface area contributed by atoms with Crippen LogP contribution in [0.3, 0.4) is 0 Å². The van der Waals surface area contributed by atoms with Gasteiger partial charge in [-0.15, -0.1) is 0 Å². The maximum absolute atomic E-state index is 4.52. The molecule has 2 bridgehead atoms. The van der Waals surface area contributed by atoms with Gasteiger partial charge in [0.1, 0.15) is 5.82 Å². The van der Waals surface area contributed by atoms with Gasteiger partial charge in [-0.1, -0.05) is 27.7 Å². The first kappa shape index (κ1) is 14.1. The Labute approximate surface area is 123 Å². The number of fused-ring (bicyclic) bond motifs is 2. The summed E-state index contributed by atoms with van der Waals surface area (Å²) in [6.07, 6.45) is 9.35. The molecule has 3 unspecified atom stereocenters. The quantitative estimate of drug-likeness (QED) is 0.890. The van der Waals surface area contributed by atoms with Crippen LogP contribution in [0.5, 0.6) is 0 Å². The fourth-order valence-electron chi connectivity index (χ4n) is 4.68. The van der Waals surface area contributed by atoms with Gasteiger partial charge in [-0.25, -0.2) is 4.98 Å². The van der Waals surface area contributed by atoms with Crippen molar-refractivity contribution in [3.63, 3.8) is 0 Å². The number of imidazole rings is 1. The van der Waals surface area contributed by atoms with Gasteiger partial charge >= 0.3 is 0 Å². The molecule has 3 heteroatoms. The molecule has 2 fully saturated rings. The standard InChI is InChI=1S/C17H29N3/c1-5-9-20-10-8-18-15(20)12-19-14-11-13-6-7-17(14,4)16(13,2)3/h8,10,13-14,19H,5-7,9,11-12H2,1-4H3. The van der Waals surface area contributed by atoms with Crippen LogP contribution in [0.15, 0.2) is 12.4 Å². The van der Waals surface area contributed by atoms with Crippen LogP contribution in [0.4, 0.5) is 0 Å². The molecular formula is C17H29N3. The lowest BCUT2D eigenvalue weighted by Crippen LogP contribution is -2.44. The van der Waals surface area contributed by atoms with Crippen LogP contribution in [0.25, 0.3) is 0 Å². The second-order valence-corrected chi connectivity index (χ2v) is 7.58. The van der Waals surface area contributed by atoms with Gasteiger partial charge in [-0.05, 0) is 42.4 Å². The van der Waals surface area contributed by atoms with E-state index in [1.54, 1.807) is 0 Å². The van der Waals surface area contributed by atoms with Crippen molar-refractivity contribution in [2.75, 3.05) is 0 Å². The molecule has 0 aromatic carbocycles. The summed E-state index contributed by atoms with van der Waals surface area (Å²) in [5.41, 5.74) is 0.948. The van der Waals surface area contributed by atoms with Gasteiger partial charge in [0.05, 0.1) is 6.54 Å². The zero-order valence-corrected chi connectivity index (χ0v) is 13.4. The van der Waals surface area contributed by atoms with Gasteiger partial charge in [0, 0.05) is 25.0 Å². The van der Waals surface area contributed by atoms with Gasteiger partial charge < -0.3 is 9.88 Å². The molecule has 0 spiro atoms. The Morgan fingerprint density at radius 1 is 1.40 bits per heavy atom. The molecule has 1 aromatic rings. The highest BCUT2D eigenvalue weighted by Crippen LogP contribution is 2.65. The summed E-state index contributed by atoms with van der Waals surface area (Å²) in [7, 11) is 0. The Morgan fingerprint density at radius 3 is 2.80 bits per heavy atom. The maximum atomic E-state index is 4.52. The number of aryl methyl sites for hydroxylation is 1. The summed E-state index contributed by atoms with van der Waals surface area (Å²) in [4.78, 5) is 4.52. The largest absolute Gasteiger partial charge is 0.334 e. The molecule has 1 N–H and O–H groups in total. The number of rotatable bonds is 5. The van der Waals surface area contributed by atoms with E-state index >= 15 is 0 Å². The van der Waals surface area contributed by atoms with Crippen molar-refractivity contribution in [2.45, 2.75) is 72.5 Å². The van der Waals surface area contributed by atoms with Crippen molar-refractivity contribution in [3.8, 4) is 0 Å². The maximum Gasteiger partial charge on any atom is 0.122 e. The second-order valence-electron chi connectivity index (χ2n) is 7.58. The summed E-state index contributed by atoms with van der Waals surface area (Å²) in [5, 5.41) is 3.83. The van der Waals surface area contributed by atoms with Crippen molar-refractivity contribution in [2.24, 2.45) is 16.7 Å². The van der Waals surface area contributed by atoms with E-state index in [1.807, 2.05) is 6.20 Å². The third-order valence-corrected chi connectivity index (χ3v) is 6.57. The zero-order chi connectivity index (χ0) is 14.4. The fraction of sp³-hybridized carbons (Fsp3) is 0.824. The highest BCUT2D eigenvalue weighted by atomic mass is 15.1. The van der Waals surface area contributed by atoms with E-state index in [9.17, 15) is 0 Å². The third kappa shape index (κ3) is 1.93. The molecule has 2 saturated carbocycles. The molecule has 0 aliphatic heterocycles. The molecule has 0 saturated heterocycles. The molecular weight excluding hydrogens is 246 g/mol. The van der Waals surface area contributed by atoms with Crippen molar-refractivity contribution < 1.29 is 0 Å². The molecule has 3 nitrogen and oxygen atoms in total. The number of hydrogen-bond donors (Lipinski definition) is 1. The average molecular weight is 275 g/mol. The Kier molecular flexibility index (Phi) is 3.44. The van der Waals surface area contributed by atoms with Gasteiger partial charge in [-0.3, -0.25) is 0 Å². The van der Waals surface area contributed by atoms with E-state index in [0.29, 0.717) is 16.9 Å². The lowest BCUT2D eigenvalue weighted by molar-refractivity contribution is 0.120. The predicted molar refractivity (Wildman–Crippen MR) is 82.4 cm³/mol. The fourth-order valence-corrected chi connectivity index (χ4v) is 4.68. The first-order valence-electron chi connectivity index (χ1n) is 8.22. The number of nitrogens with one attached hydrogen (secondary N) is 1. The van der Waals surface area contributed by atoms with Crippen LogP contribution < -0.4 is 5.32 Å². The Bertz CT molecular complexity index is 476. The molecule has 0 amide bonds. The number of aromatic nitrogens is 2. The molecule has 0 radical (unpaired) electrons. The minimum Gasteiger partial charge on any atom is -0.334 e. The lowest BCUT2D eigenvalue weighted by Gasteiger charge is -2.39. The third-order valence-electron chi connectivity index (χ3n) is 6.57. The molecule has 112 valence electrons. The number of nitrogens with zero attached hydrogens (tertiary/aromatic N) is 2. The van der Waals surface area contributed by atoms with E-state index in [4.69, 9.17) is 0 Å². The molecule has 3 rings (SSSR count). The lowest BCUT2D eigenvalue weighted by atomic mass is 9.69. The van der Waals surface area contributed by atoms with Crippen LogP contribution in [0.1, 0.15) is 59.2 Å². The average Bonchev–Trinajstić information content (AvgIpc) is 2.98. The second kappa shape index (κ2) is 4.87. The Hall–Kier alpha value is -0.830. The highest BCUT2D eigenvalue weighted by molar-refractivity contribution is 5.13. The van der Waals surface area contributed by atoms with Crippen LogP contribution in [0.2, 0.25) is 0 Å². The van der Waals surface area contributed by atoms with E-state index in [-0.39, 0.29) is 0 Å². The van der Waals surface area contributed by atoms with Gasteiger partial charge in [0.25, 0.3) is 0 Å². The van der Waals surface area contributed by atoms with Crippen LogP contribution >= 0.6 is 0 Å². The van der Waals surface area contributed by atoms with Crippen LogP contribution in [0, 0.1) is 16.7 Å². The van der Waals surface area contributed by atoms with Gasteiger partial charge in [0.2, 0.25) is 0 Å². The summed E-state index contributed by atoms with van der Waals surface area (Å²) in [5.74, 6) is 2.09. The van der Waals surface area contributed by atoms with E-state index < -0.39 is 0 Å². The summed E-state index contributed by atoms with van der Waals surface area (Å²) in [6.45, 7) is 11.7. The summed E-state index contributed by atoms with van der Waals surface area (Å²) < 4.78 is 2.29. The van der Waals surface area contributed by atoms with Crippen molar-refractivity contribution in [1.82, 2.24) is 14.9 Å². The smallest absolute Gasteiger partial charge is 0.122 e. The molecule has 3 atom stereocenters. The predicted octanol–water partition coefficient (Wildman–Crippen LogP) is 3.60. The number of hydrogen-bond acceptors (Lipinski definition) is 2. The topological polar surface area (TPSA) is 29.9 Å². The molecule has 2 aliphatic rings. The minimum atomic E-state index is 0.458. The van der Waals surface area contributed by atoms with Crippen LogP contribution in [-0.4, -0.2) is 15.6 Å². The SMILES string of the molecule is CCCn1ccnc1CNC1CC2CCC1(C)C2(C)C. The van der Waals surface area contributed by atoms with E-state index in [1.165, 1.54) is 31.5 Å². The van der Waals surface area contributed by atoms with Crippen molar-refractivity contribution in [3.05, 3.63) is 18.2 Å². The highest BCUT2D eigenvalue weighted by Gasteiger charge is 2.60. The molecule has 1 aromatic heterocycles. The van der Waals surface area contributed by atoms with E-state index in [2.05, 4.69) is 48.8 Å². The molecule has 1 heterocycles. The van der Waals surface area contributed by atoms with Crippen molar-refractivity contribution in [1.29, 1.82) is 0 Å². The van der Waals surface area contributed by atoms with Crippen LogP contribution in [-0.2, 0) is 13.1 Å². The normalized spacial score (nSPS) is 34.8.